The lowest BCUT2D eigenvalue weighted by molar-refractivity contribution is -0.126. The maximum absolute atomic E-state index is 12.7. The number of fused-ring (bicyclic) bond motifs is 1. The van der Waals surface area contributed by atoms with Gasteiger partial charge in [-0.05, 0) is 43.2 Å². The highest BCUT2D eigenvalue weighted by Crippen LogP contribution is 2.28. The second-order valence-corrected chi connectivity index (χ2v) is 8.75. The minimum Gasteiger partial charge on any atom is -0.449 e. The standard InChI is InChI=1S/C19H18ClNO5S/c1-12(18(22)21-10-9-13-5-3-4-6-17(13)21)26-19(23)15-11-14(27(2,24)25)7-8-16(15)20/h3-8,11-12H,9-10H2,1-2H3/t12-/m1/s1. The average molecular weight is 408 g/mol. The molecule has 0 saturated heterocycles. The first-order valence-corrected chi connectivity index (χ1v) is 10.6. The Kier molecular flexibility index (Phi) is 5.26. The number of nitrogens with zero attached hydrogens (tertiary/aromatic N) is 1. The van der Waals surface area contributed by atoms with Crippen LogP contribution < -0.4 is 4.90 Å². The average Bonchev–Trinajstić information content (AvgIpc) is 3.04. The molecule has 0 saturated carbocycles. The van der Waals surface area contributed by atoms with Gasteiger partial charge < -0.3 is 9.64 Å². The highest BCUT2D eigenvalue weighted by molar-refractivity contribution is 7.90. The highest BCUT2D eigenvalue weighted by Gasteiger charge is 2.30. The van der Waals surface area contributed by atoms with Gasteiger partial charge in [-0.25, -0.2) is 13.2 Å². The zero-order valence-electron chi connectivity index (χ0n) is 14.8. The van der Waals surface area contributed by atoms with Crippen molar-refractivity contribution >= 4 is 39.0 Å². The fourth-order valence-electron chi connectivity index (χ4n) is 2.95. The fraction of sp³-hybridized carbons (Fsp3) is 0.263. The van der Waals surface area contributed by atoms with Crippen molar-refractivity contribution in [3.63, 3.8) is 0 Å². The number of benzene rings is 2. The lowest BCUT2D eigenvalue weighted by atomic mass is 10.2. The third kappa shape index (κ3) is 3.99. The Bertz CT molecular complexity index is 1020. The first-order chi connectivity index (χ1) is 12.7. The minimum absolute atomic E-state index is 0.0497. The number of hydrogen-bond acceptors (Lipinski definition) is 5. The summed E-state index contributed by atoms with van der Waals surface area (Å²) in [5.41, 5.74) is 1.77. The van der Waals surface area contributed by atoms with Crippen molar-refractivity contribution < 1.29 is 22.7 Å². The summed E-state index contributed by atoms with van der Waals surface area (Å²) in [6.45, 7) is 2.00. The van der Waals surface area contributed by atoms with Gasteiger partial charge in [0.2, 0.25) is 0 Å². The Balaban J connectivity index is 1.78. The number of sulfone groups is 1. The number of amides is 1. The Labute approximate surface area is 162 Å². The number of rotatable bonds is 4. The summed E-state index contributed by atoms with van der Waals surface area (Å²) in [7, 11) is -3.51. The smallest absolute Gasteiger partial charge is 0.340 e. The van der Waals surface area contributed by atoms with Crippen molar-refractivity contribution in [3.8, 4) is 0 Å². The fourth-order valence-corrected chi connectivity index (χ4v) is 3.79. The number of esters is 1. The van der Waals surface area contributed by atoms with Crippen LogP contribution in [0.4, 0.5) is 5.69 Å². The van der Waals surface area contributed by atoms with Gasteiger partial charge in [-0.1, -0.05) is 29.8 Å². The van der Waals surface area contributed by atoms with Crippen LogP contribution in [0, 0.1) is 0 Å². The van der Waals surface area contributed by atoms with E-state index in [1.807, 2.05) is 24.3 Å². The van der Waals surface area contributed by atoms with E-state index in [2.05, 4.69) is 0 Å². The largest absolute Gasteiger partial charge is 0.449 e. The van der Waals surface area contributed by atoms with E-state index in [0.29, 0.717) is 6.54 Å². The van der Waals surface area contributed by atoms with Crippen LogP contribution in [0.15, 0.2) is 47.4 Å². The van der Waals surface area contributed by atoms with Gasteiger partial charge in [-0.3, -0.25) is 4.79 Å². The Hall–Kier alpha value is -2.38. The Morgan fingerprint density at radius 2 is 1.89 bits per heavy atom. The molecular formula is C19H18ClNO5S. The molecular weight excluding hydrogens is 390 g/mol. The van der Waals surface area contributed by atoms with E-state index in [-0.39, 0.29) is 21.4 Å². The van der Waals surface area contributed by atoms with E-state index in [4.69, 9.17) is 16.3 Å². The molecule has 1 atom stereocenters. The third-order valence-corrected chi connectivity index (χ3v) is 5.81. The topological polar surface area (TPSA) is 80.8 Å². The molecule has 0 aliphatic carbocycles. The van der Waals surface area contributed by atoms with Crippen LogP contribution in [-0.2, 0) is 25.8 Å². The van der Waals surface area contributed by atoms with Crippen LogP contribution in [0.3, 0.4) is 0 Å². The van der Waals surface area contributed by atoms with Gasteiger partial charge >= 0.3 is 5.97 Å². The number of carbonyl (C=O) groups is 2. The van der Waals surface area contributed by atoms with Crippen molar-refractivity contribution in [2.75, 3.05) is 17.7 Å². The summed E-state index contributed by atoms with van der Waals surface area (Å²) >= 11 is 6.01. The number of hydrogen-bond donors (Lipinski definition) is 0. The molecule has 142 valence electrons. The maximum atomic E-state index is 12.7. The highest BCUT2D eigenvalue weighted by atomic mass is 35.5. The second kappa shape index (κ2) is 7.32. The lowest BCUT2D eigenvalue weighted by Gasteiger charge is -2.22. The van der Waals surface area contributed by atoms with E-state index in [1.165, 1.54) is 19.1 Å². The first kappa shape index (κ1) is 19.4. The van der Waals surface area contributed by atoms with Gasteiger partial charge in [0.15, 0.2) is 15.9 Å². The number of ether oxygens (including phenoxy) is 1. The van der Waals surface area contributed by atoms with Crippen LogP contribution in [0.25, 0.3) is 0 Å². The van der Waals surface area contributed by atoms with Gasteiger partial charge in [0.1, 0.15) is 0 Å². The molecule has 3 rings (SSSR count). The van der Waals surface area contributed by atoms with Gasteiger partial charge in [0, 0.05) is 18.5 Å². The predicted molar refractivity (Wildman–Crippen MR) is 102 cm³/mol. The van der Waals surface area contributed by atoms with E-state index in [9.17, 15) is 18.0 Å². The molecule has 0 radical (unpaired) electrons. The molecule has 27 heavy (non-hydrogen) atoms. The van der Waals surface area contributed by atoms with Crippen LogP contribution in [0.2, 0.25) is 5.02 Å². The zero-order chi connectivity index (χ0) is 19.8. The lowest BCUT2D eigenvalue weighted by Crippen LogP contribution is -2.39. The molecule has 0 bridgehead atoms. The molecule has 1 aliphatic rings. The molecule has 6 nitrogen and oxygen atoms in total. The molecule has 1 amide bonds. The normalized spacial score (nSPS) is 14.6. The van der Waals surface area contributed by atoms with E-state index >= 15 is 0 Å². The SMILES string of the molecule is C[C@@H](OC(=O)c1cc(S(C)(=O)=O)ccc1Cl)C(=O)N1CCc2ccccc21. The van der Waals surface area contributed by atoms with Crippen LogP contribution in [0.1, 0.15) is 22.8 Å². The molecule has 1 aliphatic heterocycles. The van der Waals surface area contributed by atoms with Crippen molar-refractivity contribution in [1.82, 2.24) is 0 Å². The number of carbonyl (C=O) groups excluding carboxylic acids is 2. The minimum atomic E-state index is -3.51. The molecule has 0 unspecified atom stereocenters. The van der Waals surface area contributed by atoms with E-state index in [0.717, 1.165) is 30.0 Å². The number of para-hydroxylation sites is 1. The van der Waals surface area contributed by atoms with Gasteiger partial charge in [-0.15, -0.1) is 0 Å². The second-order valence-electron chi connectivity index (χ2n) is 6.33. The van der Waals surface area contributed by atoms with Crippen molar-refractivity contribution in [3.05, 3.63) is 58.6 Å². The Morgan fingerprint density at radius 1 is 1.19 bits per heavy atom. The van der Waals surface area contributed by atoms with Crippen molar-refractivity contribution in [2.24, 2.45) is 0 Å². The third-order valence-electron chi connectivity index (χ3n) is 4.37. The monoisotopic (exact) mass is 407 g/mol. The van der Waals surface area contributed by atoms with Crippen molar-refractivity contribution in [2.45, 2.75) is 24.3 Å². The summed E-state index contributed by atoms with van der Waals surface area (Å²) in [5.74, 6) is -1.19. The van der Waals surface area contributed by atoms with Crippen molar-refractivity contribution in [1.29, 1.82) is 0 Å². The molecule has 2 aromatic carbocycles. The first-order valence-electron chi connectivity index (χ1n) is 8.28. The number of halogens is 1. The quantitative estimate of drug-likeness (QED) is 0.728. The van der Waals surface area contributed by atoms with E-state index < -0.39 is 21.9 Å². The summed E-state index contributed by atoms with van der Waals surface area (Å²) in [6, 6.07) is 11.3. The number of anilines is 1. The molecule has 0 spiro atoms. The summed E-state index contributed by atoms with van der Waals surface area (Å²) in [4.78, 5) is 26.7. The van der Waals surface area contributed by atoms with Gasteiger partial charge in [-0.2, -0.15) is 0 Å². The molecule has 8 heteroatoms. The van der Waals surface area contributed by atoms with Crippen LogP contribution >= 0.6 is 11.6 Å². The summed E-state index contributed by atoms with van der Waals surface area (Å²) in [5, 5.41) is 0.0542. The maximum Gasteiger partial charge on any atom is 0.340 e. The molecule has 0 N–H and O–H groups in total. The molecule has 0 aromatic heterocycles. The van der Waals surface area contributed by atoms with Crippen LogP contribution in [0.5, 0.6) is 0 Å². The molecule has 1 heterocycles. The van der Waals surface area contributed by atoms with Crippen LogP contribution in [-0.4, -0.2) is 39.2 Å². The van der Waals surface area contributed by atoms with Gasteiger partial charge in [0.05, 0.1) is 15.5 Å². The molecule has 2 aromatic rings. The summed E-state index contributed by atoms with van der Waals surface area (Å²) < 4.78 is 28.6. The predicted octanol–water partition coefficient (Wildman–Crippen LogP) is 2.88. The Morgan fingerprint density at radius 3 is 2.59 bits per heavy atom. The zero-order valence-corrected chi connectivity index (χ0v) is 16.4. The van der Waals surface area contributed by atoms with E-state index in [1.54, 1.807) is 4.90 Å². The molecule has 0 fully saturated rings. The van der Waals surface area contributed by atoms with Gasteiger partial charge in [0.25, 0.3) is 5.91 Å². The summed E-state index contributed by atoms with van der Waals surface area (Å²) in [6.07, 6.45) is 0.731.